The lowest BCUT2D eigenvalue weighted by atomic mass is 9.97. The summed E-state index contributed by atoms with van der Waals surface area (Å²) in [6, 6.07) is 15.0. The van der Waals surface area contributed by atoms with Gasteiger partial charge in [-0.1, -0.05) is 6.42 Å². The zero-order valence-electron chi connectivity index (χ0n) is 16.5. The van der Waals surface area contributed by atoms with Crippen molar-refractivity contribution in [2.75, 3.05) is 5.32 Å². The topological polar surface area (TPSA) is 67.0 Å². The van der Waals surface area contributed by atoms with Crippen LogP contribution in [0.3, 0.4) is 0 Å². The molecule has 0 spiro atoms. The zero-order valence-corrected chi connectivity index (χ0v) is 16.5. The van der Waals surface area contributed by atoms with Crippen LogP contribution >= 0.6 is 0 Å². The molecule has 0 bridgehead atoms. The summed E-state index contributed by atoms with van der Waals surface area (Å²) in [5.41, 5.74) is 2.15. The van der Waals surface area contributed by atoms with Crippen molar-refractivity contribution >= 4 is 11.6 Å². The molecule has 1 aliphatic carbocycles. The first kappa shape index (κ1) is 19.7. The quantitative estimate of drug-likeness (QED) is 0.616. The van der Waals surface area contributed by atoms with Gasteiger partial charge in [-0.25, -0.2) is 4.39 Å². The molecule has 152 valence electrons. The average molecular weight is 403 g/mol. The Morgan fingerprint density at radius 1 is 1.10 bits per heavy atom. The van der Waals surface area contributed by atoms with E-state index in [1.54, 1.807) is 53.4 Å². The van der Waals surface area contributed by atoms with Crippen molar-refractivity contribution in [3.05, 3.63) is 77.9 Å². The van der Waals surface area contributed by atoms with Gasteiger partial charge in [0, 0.05) is 23.8 Å². The molecule has 5 nitrogen and oxygen atoms in total. The highest BCUT2D eigenvalue weighted by atomic mass is 19.1. The lowest BCUT2D eigenvalue weighted by Gasteiger charge is -2.23. The number of aromatic nitrogens is 1. The summed E-state index contributed by atoms with van der Waals surface area (Å²) in [5, 5.41) is 12.3. The van der Waals surface area contributed by atoms with Crippen LogP contribution in [0.15, 0.2) is 60.9 Å². The van der Waals surface area contributed by atoms with Crippen molar-refractivity contribution < 1.29 is 13.9 Å². The number of amides is 1. The molecule has 0 radical (unpaired) electrons. The number of hydrogen-bond acceptors (Lipinski definition) is 3. The van der Waals surface area contributed by atoms with Gasteiger partial charge < -0.3 is 14.6 Å². The highest BCUT2D eigenvalue weighted by molar-refractivity contribution is 6.04. The van der Waals surface area contributed by atoms with E-state index in [4.69, 9.17) is 4.74 Å². The minimum atomic E-state index is -0.312. The summed E-state index contributed by atoms with van der Waals surface area (Å²) in [6.07, 6.45) is 9.12. The molecule has 1 fully saturated rings. The summed E-state index contributed by atoms with van der Waals surface area (Å²) in [7, 11) is 0. The zero-order chi connectivity index (χ0) is 20.9. The Kier molecular flexibility index (Phi) is 5.80. The molecule has 0 unspecified atom stereocenters. The first-order chi connectivity index (χ1) is 14.6. The third-order valence-corrected chi connectivity index (χ3v) is 5.28. The van der Waals surface area contributed by atoms with Crippen LogP contribution in [-0.4, -0.2) is 16.6 Å². The number of carbonyl (C=O) groups excluding carboxylic acids is 1. The van der Waals surface area contributed by atoms with E-state index in [1.807, 2.05) is 0 Å². The summed E-state index contributed by atoms with van der Waals surface area (Å²) >= 11 is 0. The maximum Gasteiger partial charge on any atom is 0.257 e. The number of nitrogens with zero attached hydrogens (tertiary/aromatic N) is 2. The molecule has 1 aromatic heterocycles. The Bertz CT molecular complexity index is 1080. The van der Waals surface area contributed by atoms with Crippen molar-refractivity contribution in [2.24, 2.45) is 0 Å². The smallest absolute Gasteiger partial charge is 0.257 e. The predicted octanol–water partition coefficient (Wildman–Crippen LogP) is 5.45. The Hall–Kier alpha value is -3.59. The lowest BCUT2D eigenvalue weighted by Crippen LogP contribution is -2.20. The van der Waals surface area contributed by atoms with Crippen LogP contribution in [0.4, 0.5) is 10.1 Å². The summed E-state index contributed by atoms with van der Waals surface area (Å²) < 4.78 is 20.9. The number of halogens is 1. The van der Waals surface area contributed by atoms with Crippen LogP contribution in [0.2, 0.25) is 0 Å². The third-order valence-electron chi connectivity index (χ3n) is 5.28. The summed E-state index contributed by atoms with van der Waals surface area (Å²) in [5.74, 6) is -0.0429. The Morgan fingerprint density at radius 3 is 2.60 bits per heavy atom. The van der Waals surface area contributed by atoms with E-state index in [0.717, 1.165) is 31.4 Å². The molecule has 0 aliphatic heterocycles. The number of ether oxygens (including phenoxy) is 1. The van der Waals surface area contributed by atoms with Crippen molar-refractivity contribution in [3.8, 4) is 17.5 Å². The van der Waals surface area contributed by atoms with Gasteiger partial charge in [-0.15, -0.1) is 0 Å². The van der Waals surface area contributed by atoms with Gasteiger partial charge in [0.2, 0.25) is 0 Å². The van der Waals surface area contributed by atoms with E-state index in [9.17, 15) is 14.4 Å². The second kappa shape index (κ2) is 8.83. The number of nitriles is 1. The molecule has 0 saturated heterocycles. The summed E-state index contributed by atoms with van der Waals surface area (Å²) in [4.78, 5) is 12.6. The monoisotopic (exact) mass is 403 g/mol. The van der Waals surface area contributed by atoms with Gasteiger partial charge in [0.25, 0.3) is 5.91 Å². The van der Waals surface area contributed by atoms with Gasteiger partial charge in [-0.3, -0.25) is 4.79 Å². The number of benzene rings is 2. The predicted molar refractivity (Wildman–Crippen MR) is 112 cm³/mol. The minimum Gasteiger partial charge on any atom is -0.489 e. The van der Waals surface area contributed by atoms with Crippen molar-refractivity contribution in [2.45, 2.75) is 38.2 Å². The maximum absolute atomic E-state index is 13.1. The molecule has 1 aliphatic rings. The molecular formula is C24H22FN3O2. The van der Waals surface area contributed by atoms with E-state index >= 15 is 0 Å². The molecule has 6 heteroatoms. The Labute approximate surface area is 174 Å². The molecule has 2 aromatic carbocycles. The molecule has 3 aromatic rings. The normalized spacial score (nSPS) is 14.1. The molecule has 4 rings (SSSR count). The first-order valence-electron chi connectivity index (χ1n) is 10.1. The van der Waals surface area contributed by atoms with Crippen molar-refractivity contribution in [1.29, 1.82) is 5.26 Å². The van der Waals surface area contributed by atoms with E-state index < -0.39 is 0 Å². The molecular weight excluding hydrogens is 381 g/mol. The number of nitrogens with one attached hydrogen (secondary N) is 1. The Morgan fingerprint density at radius 2 is 1.87 bits per heavy atom. The average Bonchev–Trinajstić information content (AvgIpc) is 3.26. The largest absolute Gasteiger partial charge is 0.489 e. The van der Waals surface area contributed by atoms with E-state index in [2.05, 4.69) is 11.4 Å². The number of carbonyl (C=O) groups is 1. The van der Waals surface area contributed by atoms with Gasteiger partial charge in [0.1, 0.15) is 17.6 Å². The van der Waals surface area contributed by atoms with Crippen LogP contribution in [0.1, 0.15) is 48.0 Å². The van der Waals surface area contributed by atoms with Gasteiger partial charge >= 0.3 is 0 Å². The van der Waals surface area contributed by atoms with Crippen molar-refractivity contribution in [1.82, 2.24) is 4.57 Å². The fourth-order valence-electron chi connectivity index (χ4n) is 3.67. The maximum atomic E-state index is 13.1. The molecule has 0 atom stereocenters. The van der Waals surface area contributed by atoms with Crippen molar-refractivity contribution in [3.63, 3.8) is 0 Å². The molecule has 1 saturated carbocycles. The highest BCUT2D eigenvalue weighted by Gasteiger charge is 2.17. The number of anilines is 1. The van der Waals surface area contributed by atoms with Crippen LogP contribution in [0, 0.1) is 17.1 Å². The fourth-order valence-corrected chi connectivity index (χ4v) is 3.67. The standard InChI is InChI=1S/C24H22FN3O2/c25-19-6-9-21(10-7-19)28-13-12-17(16-28)24(29)27-20-8-11-23(18(14-20)15-26)30-22-4-2-1-3-5-22/h6-14,16,22H,1-5H2,(H,27,29). The second-order valence-electron chi connectivity index (χ2n) is 7.44. The highest BCUT2D eigenvalue weighted by Crippen LogP contribution is 2.28. The molecule has 1 heterocycles. The third kappa shape index (κ3) is 4.52. The fraction of sp³-hybridized carbons (Fsp3) is 0.250. The van der Waals surface area contributed by atoms with E-state index in [-0.39, 0.29) is 17.8 Å². The first-order valence-corrected chi connectivity index (χ1v) is 10.1. The minimum absolute atomic E-state index is 0.150. The van der Waals surface area contributed by atoms with Crippen LogP contribution in [0.5, 0.6) is 5.75 Å². The van der Waals surface area contributed by atoms with E-state index in [1.165, 1.54) is 18.6 Å². The van der Waals surface area contributed by atoms with Crippen LogP contribution in [0.25, 0.3) is 5.69 Å². The van der Waals surface area contributed by atoms with Gasteiger partial charge in [-0.05, 0) is 74.2 Å². The second-order valence-corrected chi connectivity index (χ2v) is 7.44. The molecule has 1 N–H and O–H groups in total. The van der Waals surface area contributed by atoms with Gasteiger partial charge in [-0.2, -0.15) is 5.26 Å². The van der Waals surface area contributed by atoms with Gasteiger partial charge in [0.05, 0.1) is 17.2 Å². The molecule has 1 amide bonds. The Balaban J connectivity index is 1.45. The van der Waals surface area contributed by atoms with Gasteiger partial charge in [0.15, 0.2) is 0 Å². The van der Waals surface area contributed by atoms with E-state index in [0.29, 0.717) is 22.6 Å². The summed E-state index contributed by atoms with van der Waals surface area (Å²) in [6.45, 7) is 0. The SMILES string of the molecule is N#Cc1cc(NC(=O)c2ccn(-c3ccc(F)cc3)c2)ccc1OC1CCCCC1. The number of hydrogen-bond donors (Lipinski definition) is 1. The van der Waals surface area contributed by atoms with Crippen LogP contribution in [-0.2, 0) is 0 Å². The molecule has 30 heavy (non-hydrogen) atoms. The van der Waals surface area contributed by atoms with Crippen LogP contribution < -0.4 is 10.1 Å². The lowest BCUT2D eigenvalue weighted by molar-refractivity contribution is 0.102. The number of rotatable bonds is 5.